The van der Waals surface area contributed by atoms with Crippen molar-refractivity contribution < 1.29 is 42.8 Å². The number of urea groups is 1. The molecule has 1 aliphatic heterocycles. The van der Waals surface area contributed by atoms with Crippen LogP contribution in [-0.2, 0) is 54.4 Å². The minimum atomic E-state index is -0.701. The minimum absolute atomic E-state index is 0.0645. The van der Waals surface area contributed by atoms with Gasteiger partial charge in [0, 0.05) is 38.4 Å². The first-order valence-electron chi connectivity index (χ1n) is 18.1. The van der Waals surface area contributed by atoms with E-state index >= 15 is 4.79 Å². The Morgan fingerprint density at radius 2 is 0.907 bits per heavy atom. The highest BCUT2D eigenvalue weighted by molar-refractivity contribution is 5.77. The molecule has 0 unspecified atom stereocenters. The third kappa shape index (κ3) is 11.6. The average molecular weight is 739 g/mol. The molecule has 1 aliphatic rings. The van der Waals surface area contributed by atoms with Crippen LogP contribution in [0.15, 0.2) is 109 Å². The number of benzene rings is 4. The van der Waals surface area contributed by atoms with Gasteiger partial charge in [-0.25, -0.2) is 4.79 Å². The summed E-state index contributed by atoms with van der Waals surface area (Å²) in [5.74, 6) is 0. The summed E-state index contributed by atoms with van der Waals surface area (Å²) in [7, 11) is 3.22. The molecule has 0 radical (unpaired) electrons. The molecule has 0 spiro atoms. The Bertz CT molecular complexity index is 1570. The van der Waals surface area contributed by atoms with E-state index in [4.69, 9.17) is 28.4 Å². The Labute approximate surface area is 317 Å². The molecule has 4 atom stereocenters. The maximum atomic E-state index is 15.5. The lowest BCUT2D eigenvalue weighted by molar-refractivity contribution is -0.192. The maximum absolute atomic E-state index is 15.5. The van der Waals surface area contributed by atoms with E-state index in [0.717, 1.165) is 34.8 Å². The van der Waals surface area contributed by atoms with Crippen LogP contribution in [0.3, 0.4) is 0 Å². The summed E-state index contributed by atoms with van der Waals surface area (Å²) in [6.45, 7) is 1.76. The van der Waals surface area contributed by atoms with Gasteiger partial charge >= 0.3 is 6.03 Å². The monoisotopic (exact) mass is 738 g/mol. The lowest BCUT2D eigenvalue weighted by Gasteiger charge is -2.38. The number of carbonyl (C=O) groups is 3. The van der Waals surface area contributed by atoms with Crippen LogP contribution in [0.2, 0.25) is 0 Å². The molecule has 1 fully saturated rings. The highest BCUT2D eigenvalue weighted by Gasteiger charge is 2.49. The van der Waals surface area contributed by atoms with Gasteiger partial charge in [-0.05, 0) is 35.1 Å². The Hall–Kier alpha value is -4.75. The molecule has 0 bridgehead atoms. The first-order valence-corrected chi connectivity index (χ1v) is 18.1. The third-order valence-corrected chi connectivity index (χ3v) is 9.44. The summed E-state index contributed by atoms with van der Waals surface area (Å²) >= 11 is 0. The summed E-state index contributed by atoms with van der Waals surface area (Å²) in [6, 6.07) is 33.2. The number of rotatable bonds is 22. The summed E-state index contributed by atoms with van der Waals surface area (Å²) < 4.78 is 35.7. The van der Waals surface area contributed by atoms with Crippen molar-refractivity contribution in [3.05, 3.63) is 143 Å². The third-order valence-electron chi connectivity index (χ3n) is 9.44. The van der Waals surface area contributed by atoms with E-state index in [9.17, 15) is 9.59 Å². The lowest BCUT2D eigenvalue weighted by atomic mass is 9.90. The first kappa shape index (κ1) is 40.4. The fraction of sp³-hybridized carbons (Fsp3) is 0.372. The molecular weight excluding hydrogens is 688 g/mol. The van der Waals surface area contributed by atoms with Crippen molar-refractivity contribution in [2.75, 3.05) is 54.2 Å². The molecule has 0 N–H and O–H groups in total. The fourth-order valence-corrected chi connectivity index (χ4v) is 6.64. The van der Waals surface area contributed by atoms with Crippen molar-refractivity contribution >= 4 is 18.6 Å². The minimum Gasteiger partial charge on any atom is -0.382 e. The molecule has 0 aliphatic carbocycles. The molecule has 5 rings (SSSR count). The van der Waals surface area contributed by atoms with Gasteiger partial charge in [-0.15, -0.1) is 0 Å². The van der Waals surface area contributed by atoms with E-state index in [-0.39, 0.29) is 32.7 Å². The number of methoxy groups -OCH3 is 2. The van der Waals surface area contributed by atoms with Crippen molar-refractivity contribution in [3.63, 3.8) is 0 Å². The number of hydrogen-bond donors (Lipinski definition) is 0. The number of amides is 2. The Balaban J connectivity index is 1.66. The predicted octanol–water partition coefficient (Wildman–Crippen LogP) is 5.98. The predicted molar refractivity (Wildman–Crippen MR) is 203 cm³/mol. The zero-order valence-electron chi connectivity index (χ0n) is 31.0. The van der Waals surface area contributed by atoms with Crippen molar-refractivity contribution in [3.8, 4) is 0 Å². The zero-order chi connectivity index (χ0) is 38.0. The van der Waals surface area contributed by atoms with Gasteiger partial charge in [-0.2, -0.15) is 0 Å². The Morgan fingerprint density at radius 3 is 1.26 bits per heavy atom. The van der Waals surface area contributed by atoms with E-state index in [1.54, 1.807) is 38.5 Å². The van der Waals surface area contributed by atoms with Crippen molar-refractivity contribution in [1.82, 2.24) is 9.80 Å². The van der Waals surface area contributed by atoms with Crippen LogP contribution in [0.4, 0.5) is 4.79 Å². The quantitative estimate of drug-likeness (QED) is 0.0546. The van der Waals surface area contributed by atoms with Gasteiger partial charge in [0.1, 0.15) is 38.4 Å². The highest BCUT2D eigenvalue weighted by atomic mass is 16.7. The van der Waals surface area contributed by atoms with E-state index in [1.165, 1.54) is 0 Å². The highest BCUT2D eigenvalue weighted by Crippen LogP contribution is 2.33. The summed E-state index contributed by atoms with van der Waals surface area (Å²) in [5.41, 5.74) is 4.80. The first-order chi connectivity index (χ1) is 26.5. The maximum Gasteiger partial charge on any atom is 0.321 e. The molecule has 54 heavy (non-hydrogen) atoms. The van der Waals surface area contributed by atoms with Gasteiger partial charge in [-0.3, -0.25) is 9.59 Å². The van der Waals surface area contributed by atoms with Crippen LogP contribution in [0.1, 0.15) is 43.0 Å². The molecule has 286 valence electrons. The van der Waals surface area contributed by atoms with Crippen LogP contribution in [0, 0.1) is 0 Å². The van der Waals surface area contributed by atoms with Gasteiger partial charge in [0.25, 0.3) is 0 Å². The Morgan fingerprint density at radius 1 is 0.519 bits per heavy atom. The molecule has 0 aromatic heterocycles. The number of hydrogen-bond acceptors (Lipinski definition) is 9. The normalized spacial score (nSPS) is 18.7. The smallest absolute Gasteiger partial charge is 0.321 e. The van der Waals surface area contributed by atoms with Gasteiger partial charge < -0.3 is 38.2 Å². The second-order valence-electron chi connectivity index (χ2n) is 13.1. The van der Waals surface area contributed by atoms with Crippen LogP contribution in [0.5, 0.6) is 0 Å². The largest absolute Gasteiger partial charge is 0.382 e. The molecule has 2 amide bonds. The van der Waals surface area contributed by atoms with Crippen LogP contribution in [0.25, 0.3) is 0 Å². The second kappa shape index (κ2) is 21.8. The summed E-state index contributed by atoms with van der Waals surface area (Å²) in [5, 5.41) is 0. The molecule has 1 saturated heterocycles. The zero-order valence-corrected chi connectivity index (χ0v) is 31.0. The van der Waals surface area contributed by atoms with Crippen molar-refractivity contribution in [2.45, 2.75) is 50.2 Å². The van der Waals surface area contributed by atoms with Gasteiger partial charge in [0.15, 0.2) is 0 Å². The van der Waals surface area contributed by atoms with Crippen LogP contribution in [-0.4, -0.2) is 107 Å². The summed E-state index contributed by atoms with van der Waals surface area (Å²) in [4.78, 5) is 42.2. The topological polar surface area (TPSA) is 113 Å². The molecule has 11 nitrogen and oxygen atoms in total. The van der Waals surface area contributed by atoms with Gasteiger partial charge in [-0.1, -0.05) is 109 Å². The van der Waals surface area contributed by atoms with Crippen molar-refractivity contribution in [2.24, 2.45) is 0 Å². The van der Waals surface area contributed by atoms with E-state index < -0.39 is 24.3 Å². The van der Waals surface area contributed by atoms with E-state index in [1.807, 2.05) is 94.7 Å². The molecule has 4 aromatic rings. The fourth-order valence-electron chi connectivity index (χ4n) is 6.64. The average Bonchev–Trinajstić information content (AvgIpc) is 3.28. The number of ether oxygens (including phenoxy) is 6. The molecule has 11 heteroatoms. The SMILES string of the molecule is COCCOCO[C@@H]1[C@@H](OCOCCOC)[C@@H](Cc2ccccc2)N(Cc2ccc(C=O)cc2)C(=O)N(Cc2ccc(C=O)cc2)[C@@H]1Cc1ccccc1. The van der Waals surface area contributed by atoms with Crippen LogP contribution < -0.4 is 0 Å². The number of carbonyl (C=O) groups excluding carboxylic acids is 3. The van der Waals surface area contributed by atoms with Gasteiger partial charge in [0.05, 0.1) is 38.5 Å². The molecule has 1 heterocycles. The van der Waals surface area contributed by atoms with E-state index in [2.05, 4.69) is 0 Å². The molecule has 4 aromatic carbocycles. The summed E-state index contributed by atoms with van der Waals surface area (Å²) in [6.07, 6.45) is 1.10. The van der Waals surface area contributed by atoms with E-state index in [0.29, 0.717) is 50.4 Å². The lowest BCUT2D eigenvalue weighted by Crippen LogP contribution is -2.53. The van der Waals surface area contributed by atoms with Crippen molar-refractivity contribution in [1.29, 1.82) is 0 Å². The second-order valence-corrected chi connectivity index (χ2v) is 13.1. The molecule has 0 saturated carbocycles. The van der Waals surface area contributed by atoms with Gasteiger partial charge in [0.2, 0.25) is 0 Å². The standard InChI is InChI=1S/C43H50N2O9/c1-49-21-23-51-31-53-41-39(25-33-9-5-3-6-10-33)44(27-35-13-17-37(29-46)18-14-35)43(48)45(28-36-15-19-38(30-47)20-16-36)40(26-34-11-7-4-8-12-34)42(41)54-32-52-24-22-50-2/h3-20,29-30,39-42H,21-28,31-32H2,1-2H3/t39-,40-,41+,42+/m1/s1. The molecular formula is C43H50N2O9. The van der Waals surface area contributed by atoms with Crippen LogP contribution >= 0.6 is 0 Å². The number of nitrogens with zero attached hydrogens (tertiary/aromatic N) is 2. The number of aldehydes is 2. The Kier molecular flexibility index (Phi) is 16.3.